The van der Waals surface area contributed by atoms with E-state index in [1.807, 2.05) is 6.07 Å². The smallest absolute Gasteiger partial charge is 0.289 e. The molecule has 7 nitrogen and oxygen atoms in total. The highest BCUT2D eigenvalue weighted by molar-refractivity contribution is 5.92. The van der Waals surface area contributed by atoms with Crippen LogP contribution in [0.2, 0.25) is 0 Å². The standard InChI is InChI=1S/C19H24N4O3/c1-2-3-8-20-18(24)16-7-6-15(14-21-16)22-9-11-23(12-10-22)19(25)17-5-4-13-26-17/h4-7,13-14H,2-3,8-12H2,1H3,(H,20,24). The normalized spacial score (nSPS) is 14.3. The van der Waals surface area contributed by atoms with E-state index >= 15 is 0 Å². The lowest BCUT2D eigenvalue weighted by molar-refractivity contribution is 0.0714. The Balaban J connectivity index is 1.53. The molecule has 7 heteroatoms. The highest BCUT2D eigenvalue weighted by Crippen LogP contribution is 2.17. The molecule has 1 saturated heterocycles. The van der Waals surface area contributed by atoms with Gasteiger partial charge in [0.15, 0.2) is 5.76 Å². The maximum Gasteiger partial charge on any atom is 0.289 e. The maximum absolute atomic E-state index is 12.3. The molecule has 2 amide bonds. The molecule has 1 aliphatic heterocycles. The summed E-state index contributed by atoms with van der Waals surface area (Å²) in [5, 5.41) is 2.86. The molecule has 0 unspecified atom stereocenters. The first kappa shape index (κ1) is 18.0. The first-order chi connectivity index (χ1) is 12.7. The molecule has 0 saturated carbocycles. The Labute approximate surface area is 153 Å². The number of nitrogens with zero attached hydrogens (tertiary/aromatic N) is 3. The lowest BCUT2D eigenvalue weighted by Crippen LogP contribution is -2.48. The molecule has 0 bridgehead atoms. The lowest BCUT2D eigenvalue weighted by atomic mass is 10.2. The van der Waals surface area contributed by atoms with Crippen molar-refractivity contribution < 1.29 is 14.0 Å². The van der Waals surface area contributed by atoms with Gasteiger partial charge in [0, 0.05) is 32.7 Å². The van der Waals surface area contributed by atoms with Crippen molar-refractivity contribution in [3.05, 3.63) is 48.2 Å². The zero-order valence-corrected chi connectivity index (χ0v) is 15.0. The topological polar surface area (TPSA) is 78.7 Å². The van der Waals surface area contributed by atoms with Gasteiger partial charge in [-0.25, -0.2) is 4.98 Å². The van der Waals surface area contributed by atoms with Gasteiger partial charge in [-0.15, -0.1) is 0 Å². The van der Waals surface area contributed by atoms with Gasteiger partial charge in [-0.05, 0) is 30.7 Å². The van der Waals surface area contributed by atoms with E-state index in [1.54, 1.807) is 29.3 Å². The van der Waals surface area contributed by atoms with Gasteiger partial charge in [-0.3, -0.25) is 9.59 Å². The van der Waals surface area contributed by atoms with Gasteiger partial charge in [-0.2, -0.15) is 0 Å². The predicted molar refractivity (Wildman–Crippen MR) is 98.3 cm³/mol. The molecule has 0 radical (unpaired) electrons. The van der Waals surface area contributed by atoms with Crippen LogP contribution in [0.3, 0.4) is 0 Å². The summed E-state index contributed by atoms with van der Waals surface area (Å²) in [5.41, 5.74) is 1.39. The summed E-state index contributed by atoms with van der Waals surface area (Å²) in [4.78, 5) is 32.5. The van der Waals surface area contributed by atoms with E-state index in [9.17, 15) is 9.59 Å². The van der Waals surface area contributed by atoms with Crippen molar-refractivity contribution in [3.63, 3.8) is 0 Å². The number of hydrogen-bond acceptors (Lipinski definition) is 5. The number of nitrogens with one attached hydrogen (secondary N) is 1. The van der Waals surface area contributed by atoms with Crippen LogP contribution in [0.5, 0.6) is 0 Å². The van der Waals surface area contributed by atoms with Gasteiger partial charge in [0.25, 0.3) is 11.8 Å². The van der Waals surface area contributed by atoms with Crippen molar-refractivity contribution in [2.75, 3.05) is 37.6 Å². The first-order valence-corrected chi connectivity index (χ1v) is 9.01. The van der Waals surface area contributed by atoms with Crippen molar-refractivity contribution in [2.45, 2.75) is 19.8 Å². The molecule has 26 heavy (non-hydrogen) atoms. The number of aromatic nitrogens is 1. The maximum atomic E-state index is 12.3. The number of hydrogen-bond donors (Lipinski definition) is 1. The van der Waals surface area contributed by atoms with Crippen LogP contribution >= 0.6 is 0 Å². The second-order valence-corrected chi connectivity index (χ2v) is 6.27. The molecule has 1 N–H and O–H groups in total. The summed E-state index contributed by atoms with van der Waals surface area (Å²) in [7, 11) is 0. The molecule has 3 heterocycles. The zero-order chi connectivity index (χ0) is 18.4. The fraction of sp³-hybridized carbons (Fsp3) is 0.421. The average molecular weight is 356 g/mol. The molecule has 0 aliphatic carbocycles. The Kier molecular flexibility index (Phi) is 5.88. The highest BCUT2D eigenvalue weighted by atomic mass is 16.3. The van der Waals surface area contributed by atoms with Crippen molar-refractivity contribution in [1.82, 2.24) is 15.2 Å². The van der Waals surface area contributed by atoms with Crippen molar-refractivity contribution in [1.29, 1.82) is 0 Å². The van der Waals surface area contributed by atoms with Crippen LogP contribution in [-0.4, -0.2) is 54.4 Å². The summed E-state index contributed by atoms with van der Waals surface area (Å²) < 4.78 is 5.18. The van der Waals surface area contributed by atoms with Gasteiger partial charge in [0.1, 0.15) is 5.69 Å². The summed E-state index contributed by atoms with van der Waals surface area (Å²) in [6, 6.07) is 7.06. The number of pyridine rings is 1. The van der Waals surface area contributed by atoms with Gasteiger partial charge in [0.2, 0.25) is 0 Å². The van der Waals surface area contributed by atoms with E-state index in [2.05, 4.69) is 22.1 Å². The van der Waals surface area contributed by atoms with Crippen LogP contribution in [-0.2, 0) is 0 Å². The third-order valence-electron chi connectivity index (χ3n) is 4.46. The number of carbonyl (C=O) groups excluding carboxylic acids is 2. The second-order valence-electron chi connectivity index (χ2n) is 6.27. The van der Waals surface area contributed by atoms with Crippen LogP contribution in [0, 0.1) is 0 Å². The van der Waals surface area contributed by atoms with Crippen molar-refractivity contribution in [3.8, 4) is 0 Å². The lowest BCUT2D eigenvalue weighted by Gasteiger charge is -2.35. The van der Waals surface area contributed by atoms with E-state index in [4.69, 9.17) is 4.42 Å². The minimum Gasteiger partial charge on any atom is -0.459 e. The molecule has 2 aromatic rings. The van der Waals surface area contributed by atoms with Gasteiger partial charge < -0.3 is 19.5 Å². The third kappa shape index (κ3) is 4.22. The molecule has 0 atom stereocenters. The van der Waals surface area contributed by atoms with Gasteiger partial charge >= 0.3 is 0 Å². The Morgan fingerprint density at radius 3 is 2.62 bits per heavy atom. The minimum absolute atomic E-state index is 0.0770. The molecule has 0 aromatic carbocycles. The van der Waals surface area contributed by atoms with Crippen LogP contribution in [0.4, 0.5) is 5.69 Å². The number of carbonyl (C=O) groups is 2. The molecule has 1 fully saturated rings. The van der Waals surface area contributed by atoms with Crippen LogP contribution in [0.1, 0.15) is 40.8 Å². The molecule has 0 spiro atoms. The van der Waals surface area contributed by atoms with Crippen LogP contribution < -0.4 is 10.2 Å². The highest BCUT2D eigenvalue weighted by Gasteiger charge is 2.24. The fourth-order valence-corrected chi connectivity index (χ4v) is 2.90. The Morgan fingerprint density at radius 2 is 2.00 bits per heavy atom. The second kappa shape index (κ2) is 8.51. The molecular formula is C19H24N4O3. The molecule has 2 aromatic heterocycles. The number of piperazine rings is 1. The molecule has 3 rings (SSSR count). The fourth-order valence-electron chi connectivity index (χ4n) is 2.90. The van der Waals surface area contributed by atoms with Crippen LogP contribution in [0.15, 0.2) is 41.1 Å². The third-order valence-corrected chi connectivity index (χ3v) is 4.46. The number of amides is 2. The predicted octanol–water partition coefficient (Wildman–Crippen LogP) is 2.17. The number of rotatable bonds is 6. The summed E-state index contributed by atoms with van der Waals surface area (Å²) in [6.45, 7) is 5.44. The summed E-state index contributed by atoms with van der Waals surface area (Å²) in [6.07, 6.45) is 5.24. The van der Waals surface area contributed by atoms with E-state index in [1.165, 1.54) is 6.26 Å². The number of anilines is 1. The number of unbranched alkanes of at least 4 members (excludes halogenated alkanes) is 1. The monoisotopic (exact) mass is 356 g/mol. The van der Waals surface area contributed by atoms with E-state index in [0.29, 0.717) is 31.1 Å². The molecule has 1 aliphatic rings. The Morgan fingerprint density at radius 1 is 1.19 bits per heavy atom. The average Bonchev–Trinajstić information content (AvgIpc) is 3.23. The van der Waals surface area contributed by atoms with Gasteiger partial charge in [0.05, 0.1) is 18.1 Å². The SMILES string of the molecule is CCCCNC(=O)c1ccc(N2CCN(C(=O)c3ccco3)CC2)cn1. The quantitative estimate of drug-likeness (QED) is 0.803. The largest absolute Gasteiger partial charge is 0.459 e. The molecular weight excluding hydrogens is 332 g/mol. The van der Waals surface area contributed by atoms with Crippen molar-refractivity contribution in [2.24, 2.45) is 0 Å². The molecule has 138 valence electrons. The van der Waals surface area contributed by atoms with E-state index in [-0.39, 0.29) is 11.8 Å². The summed E-state index contributed by atoms with van der Waals surface area (Å²) in [5.74, 6) is 0.157. The van der Waals surface area contributed by atoms with Crippen LogP contribution in [0.25, 0.3) is 0 Å². The zero-order valence-electron chi connectivity index (χ0n) is 15.0. The van der Waals surface area contributed by atoms with Gasteiger partial charge in [-0.1, -0.05) is 13.3 Å². The van der Waals surface area contributed by atoms with E-state index < -0.39 is 0 Å². The number of furan rings is 1. The Hall–Kier alpha value is -2.83. The van der Waals surface area contributed by atoms with Crippen molar-refractivity contribution >= 4 is 17.5 Å². The minimum atomic E-state index is -0.140. The first-order valence-electron chi connectivity index (χ1n) is 9.01. The van der Waals surface area contributed by atoms with E-state index in [0.717, 1.165) is 31.6 Å². The Bertz CT molecular complexity index is 720. The summed E-state index contributed by atoms with van der Waals surface area (Å²) >= 11 is 0.